The maximum atomic E-state index is 12.9. The Kier molecular flexibility index (Phi) is 7.73. The van der Waals surface area contributed by atoms with Gasteiger partial charge in [0.1, 0.15) is 18.2 Å². The Morgan fingerprint density at radius 3 is 2.32 bits per heavy atom. The molecule has 7 nitrogen and oxygen atoms in total. The standard InChI is InChI=1S/C21H20Br2NO6P/c1-31(29)11-12-8-16(22)19(17(23)9-12)30-14-2-3-18(25)15(10-14)20(26)24-6-4-13(5-7-24)21(27)28/h2-3,8-10,13H,4-7,11H2,1H3,(H-,25,26,27,28)/p+1. The van der Waals surface area contributed by atoms with Crippen LogP contribution in [0, 0.1) is 5.92 Å². The van der Waals surface area contributed by atoms with Crippen LogP contribution in [0.15, 0.2) is 39.3 Å². The number of rotatable bonds is 6. The van der Waals surface area contributed by atoms with E-state index in [1.165, 1.54) is 12.1 Å². The summed E-state index contributed by atoms with van der Waals surface area (Å²) in [5, 5.41) is 19.4. The fourth-order valence-corrected chi connectivity index (χ4v) is 5.57. The Morgan fingerprint density at radius 1 is 1.16 bits per heavy atom. The third-order valence-corrected chi connectivity index (χ3v) is 7.00. The fraction of sp³-hybridized carbons (Fsp3) is 0.333. The van der Waals surface area contributed by atoms with Gasteiger partial charge in [-0.25, -0.2) is 0 Å². The van der Waals surface area contributed by atoms with Gasteiger partial charge in [-0.05, 0) is 75.0 Å². The molecule has 0 saturated carbocycles. The summed E-state index contributed by atoms with van der Waals surface area (Å²) in [5.41, 5.74) is 0.985. The van der Waals surface area contributed by atoms with Gasteiger partial charge in [0.05, 0.1) is 20.4 Å². The monoisotopic (exact) mass is 572 g/mol. The average molecular weight is 574 g/mol. The molecule has 0 radical (unpaired) electrons. The summed E-state index contributed by atoms with van der Waals surface area (Å²) in [7, 11) is -1.32. The third-order valence-electron chi connectivity index (χ3n) is 5.01. The van der Waals surface area contributed by atoms with E-state index < -0.39 is 19.7 Å². The Morgan fingerprint density at radius 2 is 1.77 bits per heavy atom. The maximum absolute atomic E-state index is 12.9. The maximum Gasteiger partial charge on any atom is 0.340 e. The fourth-order valence-electron chi connectivity index (χ4n) is 3.43. The molecule has 1 fully saturated rings. The van der Waals surface area contributed by atoms with Crippen LogP contribution in [0.3, 0.4) is 0 Å². The number of piperidine rings is 1. The molecule has 0 spiro atoms. The molecule has 0 bridgehead atoms. The number of aromatic hydroxyl groups is 1. The summed E-state index contributed by atoms with van der Waals surface area (Å²) >= 11 is 6.93. The molecule has 1 saturated heterocycles. The first kappa shape index (κ1) is 23.7. The highest BCUT2D eigenvalue weighted by atomic mass is 79.9. The number of hydrogen-bond donors (Lipinski definition) is 2. The van der Waals surface area contributed by atoms with Gasteiger partial charge in [-0.3, -0.25) is 9.59 Å². The molecule has 0 aliphatic carbocycles. The van der Waals surface area contributed by atoms with Gasteiger partial charge in [-0.15, -0.1) is 0 Å². The first-order chi connectivity index (χ1) is 14.7. The lowest BCUT2D eigenvalue weighted by molar-refractivity contribution is -0.143. The van der Waals surface area contributed by atoms with Crippen molar-refractivity contribution < 1.29 is 29.1 Å². The van der Waals surface area contributed by atoms with Gasteiger partial charge in [-0.1, -0.05) is 4.57 Å². The van der Waals surface area contributed by atoms with E-state index in [1.807, 2.05) is 12.1 Å². The summed E-state index contributed by atoms with van der Waals surface area (Å²) in [6, 6.07) is 8.07. The molecule has 0 aromatic heterocycles. The quantitative estimate of drug-likeness (QED) is 0.436. The zero-order valence-electron chi connectivity index (χ0n) is 16.7. The van der Waals surface area contributed by atoms with E-state index in [9.17, 15) is 19.3 Å². The normalized spacial score (nSPS) is 14.9. The van der Waals surface area contributed by atoms with Crippen LogP contribution < -0.4 is 4.74 Å². The number of carboxylic acid groups (broad SMARTS) is 1. The van der Waals surface area contributed by atoms with Crippen molar-refractivity contribution in [3.63, 3.8) is 0 Å². The van der Waals surface area contributed by atoms with Crippen molar-refractivity contribution in [1.82, 2.24) is 4.90 Å². The SMILES string of the molecule is C[P+](=O)Cc1cc(Br)c(Oc2ccc(O)c(C(=O)N3CCC(C(=O)O)CC3)c2)c(Br)c1. The number of carbonyl (C=O) groups is 2. The van der Waals surface area contributed by atoms with Crippen LogP contribution in [0.2, 0.25) is 0 Å². The van der Waals surface area contributed by atoms with E-state index in [2.05, 4.69) is 31.9 Å². The molecule has 31 heavy (non-hydrogen) atoms. The van der Waals surface area contributed by atoms with Crippen LogP contribution in [0.1, 0.15) is 28.8 Å². The van der Waals surface area contributed by atoms with Crippen LogP contribution in [0.25, 0.3) is 0 Å². The second-order valence-corrected chi connectivity index (χ2v) is 10.6. The van der Waals surface area contributed by atoms with Crippen molar-refractivity contribution in [2.45, 2.75) is 19.0 Å². The van der Waals surface area contributed by atoms with E-state index in [4.69, 9.17) is 9.84 Å². The van der Waals surface area contributed by atoms with Crippen molar-refractivity contribution in [3.05, 3.63) is 50.4 Å². The third kappa shape index (κ3) is 5.84. The number of nitrogens with zero attached hydrogens (tertiary/aromatic N) is 1. The molecular formula is C21H21Br2NO6P+. The van der Waals surface area contributed by atoms with Crippen LogP contribution >= 0.6 is 39.7 Å². The first-order valence-corrected chi connectivity index (χ1v) is 13.0. The van der Waals surface area contributed by atoms with Crippen molar-refractivity contribution in [2.24, 2.45) is 5.92 Å². The van der Waals surface area contributed by atoms with Crippen LogP contribution in [-0.2, 0) is 15.5 Å². The van der Waals surface area contributed by atoms with E-state index >= 15 is 0 Å². The second kappa shape index (κ2) is 10.1. The average Bonchev–Trinajstić information content (AvgIpc) is 2.71. The molecule has 2 aromatic carbocycles. The predicted octanol–water partition coefficient (Wildman–Crippen LogP) is 5.60. The van der Waals surface area contributed by atoms with Crippen molar-refractivity contribution in [3.8, 4) is 17.2 Å². The number of phenolic OH excluding ortho intramolecular Hbond substituents is 1. The minimum atomic E-state index is -1.32. The molecule has 1 amide bonds. The number of amides is 1. The molecule has 1 heterocycles. The predicted molar refractivity (Wildman–Crippen MR) is 124 cm³/mol. The largest absolute Gasteiger partial charge is 0.507 e. The number of likely N-dealkylation sites (tertiary alicyclic amines) is 1. The second-order valence-electron chi connectivity index (χ2n) is 7.36. The molecule has 10 heteroatoms. The topological polar surface area (TPSA) is 104 Å². The number of ether oxygens (including phenoxy) is 1. The minimum Gasteiger partial charge on any atom is -0.507 e. The lowest BCUT2D eigenvalue weighted by atomic mass is 9.96. The number of aliphatic carboxylic acids is 1. The molecule has 2 aromatic rings. The highest BCUT2D eigenvalue weighted by Gasteiger charge is 2.29. The highest BCUT2D eigenvalue weighted by molar-refractivity contribution is 9.11. The van der Waals surface area contributed by atoms with Gasteiger partial charge in [0.15, 0.2) is 11.9 Å². The van der Waals surface area contributed by atoms with Crippen LogP contribution in [0.5, 0.6) is 17.2 Å². The lowest BCUT2D eigenvalue weighted by Gasteiger charge is -2.30. The lowest BCUT2D eigenvalue weighted by Crippen LogP contribution is -2.40. The van der Waals surface area contributed by atoms with E-state index in [1.54, 1.807) is 17.6 Å². The van der Waals surface area contributed by atoms with Crippen molar-refractivity contribution >= 4 is 51.5 Å². The number of halogens is 2. The van der Waals surface area contributed by atoms with Gasteiger partial charge in [0.25, 0.3) is 5.91 Å². The molecule has 3 rings (SSSR count). The molecule has 2 N–H and O–H groups in total. The number of carboxylic acids is 1. The summed E-state index contributed by atoms with van der Waals surface area (Å²) in [6.45, 7) is 2.30. The molecule has 1 unspecified atom stereocenters. The summed E-state index contributed by atoms with van der Waals surface area (Å²) < 4.78 is 18.8. The van der Waals surface area contributed by atoms with Crippen LogP contribution in [-0.4, -0.2) is 46.7 Å². The molecule has 1 atom stereocenters. The molecular weight excluding hydrogens is 553 g/mol. The smallest absolute Gasteiger partial charge is 0.340 e. The summed E-state index contributed by atoms with van der Waals surface area (Å²) in [6.07, 6.45) is 1.21. The van der Waals surface area contributed by atoms with Gasteiger partial charge < -0.3 is 19.8 Å². The molecule has 1 aliphatic rings. The van der Waals surface area contributed by atoms with Crippen LogP contribution in [0.4, 0.5) is 0 Å². The Hall–Kier alpha value is -1.96. The summed E-state index contributed by atoms with van der Waals surface area (Å²) in [4.78, 5) is 25.6. The zero-order valence-corrected chi connectivity index (χ0v) is 20.7. The Balaban J connectivity index is 1.79. The number of carbonyl (C=O) groups excluding carboxylic acids is 1. The van der Waals surface area contributed by atoms with Crippen molar-refractivity contribution in [2.75, 3.05) is 19.8 Å². The van der Waals surface area contributed by atoms with Gasteiger partial charge in [0, 0.05) is 18.7 Å². The first-order valence-electron chi connectivity index (χ1n) is 9.55. The van der Waals surface area contributed by atoms with Gasteiger partial charge in [-0.2, -0.15) is 0 Å². The van der Waals surface area contributed by atoms with Gasteiger partial charge >= 0.3 is 13.8 Å². The van der Waals surface area contributed by atoms with Crippen molar-refractivity contribution in [1.29, 1.82) is 0 Å². The summed E-state index contributed by atoms with van der Waals surface area (Å²) in [5.74, 6) is -0.988. The van der Waals surface area contributed by atoms with E-state index in [0.29, 0.717) is 52.5 Å². The van der Waals surface area contributed by atoms with E-state index in [0.717, 1.165) is 5.56 Å². The number of benzene rings is 2. The number of phenols is 1. The number of hydrogen-bond acceptors (Lipinski definition) is 5. The van der Waals surface area contributed by atoms with Gasteiger partial charge in [0.2, 0.25) is 0 Å². The van der Waals surface area contributed by atoms with E-state index in [-0.39, 0.29) is 17.2 Å². The Labute approximate surface area is 197 Å². The highest BCUT2D eigenvalue weighted by Crippen LogP contribution is 2.40. The molecule has 1 aliphatic heterocycles. The zero-order chi connectivity index (χ0) is 22.7. The Bertz CT molecular complexity index is 1010. The molecule has 164 valence electrons. The minimum absolute atomic E-state index is 0.0955.